The van der Waals surface area contributed by atoms with Gasteiger partial charge in [0.15, 0.2) is 4.34 Å². The number of amides is 1. The van der Waals surface area contributed by atoms with Gasteiger partial charge >= 0.3 is 0 Å². The second kappa shape index (κ2) is 8.29. The maximum atomic E-state index is 13.4. The number of hydrogen-bond acceptors (Lipinski definition) is 6. The van der Waals surface area contributed by atoms with E-state index in [4.69, 9.17) is 0 Å². The summed E-state index contributed by atoms with van der Waals surface area (Å²) in [5, 5.41) is 8.21. The predicted molar refractivity (Wildman–Crippen MR) is 122 cm³/mol. The van der Waals surface area contributed by atoms with Gasteiger partial charge in [-0.25, -0.2) is 14.4 Å². The summed E-state index contributed by atoms with van der Waals surface area (Å²) in [6.45, 7) is 0. The number of benzene rings is 2. The maximum Gasteiger partial charge on any atom is 0.253 e. The molecule has 1 atom stereocenters. The third-order valence-electron chi connectivity index (χ3n) is 4.82. The first kappa shape index (κ1) is 19.4. The highest BCUT2D eigenvalue weighted by Gasteiger charge is 2.33. The van der Waals surface area contributed by atoms with Gasteiger partial charge in [-0.2, -0.15) is 5.10 Å². The van der Waals surface area contributed by atoms with Crippen molar-refractivity contribution in [2.75, 3.05) is 5.75 Å². The Kier molecular flexibility index (Phi) is 5.37. The highest BCUT2D eigenvalue weighted by Crippen LogP contribution is 2.35. The van der Waals surface area contributed by atoms with Crippen molar-refractivity contribution >= 4 is 56.3 Å². The van der Waals surface area contributed by atoms with Crippen LogP contribution in [-0.2, 0) is 4.79 Å². The molecule has 0 N–H and O–H groups in total. The van der Waals surface area contributed by atoms with Crippen molar-refractivity contribution in [2.45, 2.75) is 16.8 Å². The highest BCUT2D eigenvalue weighted by atomic mass is 32.2. The number of para-hydroxylation sites is 1. The lowest BCUT2D eigenvalue weighted by Gasteiger charge is -2.21. The van der Waals surface area contributed by atoms with Crippen LogP contribution in [0.15, 0.2) is 75.5 Å². The number of thiophene rings is 1. The van der Waals surface area contributed by atoms with E-state index in [0.717, 1.165) is 30.7 Å². The Morgan fingerprint density at radius 3 is 2.73 bits per heavy atom. The number of thioether (sulfide) groups is 1. The van der Waals surface area contributed by atoms with Crippen molar-refractivity contribution in [3.8, 4) is 0 Å². The van der Waals surface area contributed by atoms with E-state index in [2.05, 4.69) is 10.1 Å². The van der Waals surface area contributed by atoms with Gasteiger partial charge in [0.1, 0.15) is 5.82 Å². The minimum absolute atomic E-state index is 0.0832. The van der Waals surface area contributed by atoms with Crippen LogP contribution in [0.1, 0.15) is 22.9 Å². The van der Waals surface area contributed by atoms with Gasteiger partial charge in [-0.1, -0.05) is 42.1 Å². The first-order chi connectivity index (χ1) is 14.7. The molecule has 3 heterocycles. The molecule has 0 spiro atoms. The van der Waals surface area contributed by atoms with Gasteiger partial charge in [0.25, 0.3) is 5.91 Å². The molecule has 0 saturated carbocycles. The fraction of sp³-hybridized carbons (Fsp3) is 0.136. The van der Waals surface area contributed by atoms with Crippen molar-refractivity contribution in [1.82, 2.24) is 9.99 Å². The van der Waals surface area contributed by atoms with Gasteiger partial charge in [-0.3, -0.25) is 4.79 Å². The van der Waals surface area contributed by atoms with Crippen LogP contribution in [-0.4, -0.2) is 27.4 Å². The fourth-order valence-corrected chi connectivity index (χ4v) is 6.02. The Morgan fingerprint density at radius 1 is 1.13 bits per heavy atom. The molecule has 30 heavy (non-hydrogen) atoms. The third-order valence-corrected chi connectivity index (χ3v) is 7.90. The molecule has 0 fully saturated rings. The summed E-state index contributed by atoms with van der Waals surface area (Å²) in [7, 11) is 0. The molecule has 4 aromatic rings. The number of hydrazone groups is 1. The first-order valence-electron chi connectivity index (χ1n) is 9.34. The lowest BCUT2D eigenvalue weighted by atomic mass is 10.0. The zero-order valence-electron chi connectivity index (χ0n) is 15.7. The molecular weight excluding hydrogens is 437 g/mol. The number of carbonyl (C=O) groups is 1. The number of nitrogens with zero attached hydrogens (tertiary/aromatic N) is 3. The van der Waals surface area contributed by atoms with Crippen molar-refractivity contribution in [3.63, 3.8) is 0 Å². The SMILES string of the molecule is O=C(CSc1nc2ccccc2s1)N1N=C(c2cccs2)C[C@@H]1c1ccc(F)cc1. The van der Waals surface area contributed by atoms with E-state index in [0.29, 0.717) is 6.42 Å². The van der Waals surface area contributed by atoms with Gasteiger partial charge in [-0.05, 0) is 41.3 Å². The standard InChI is InChI=1S/C22H16FN3OS3/c23-15-9-7-14(8-10-15)18-12-17(19-6-3-11-28-19)25-26(18)21(27)13-29-22-24-16-4-1-2-5-20(16)30-22/h1-11,18H,12-13H2/t18-/m1/s1. The minimum atomic E-state index is -0.291. The van der Waals surface area contributed by atoms with E-state index >= 15 is 0 Å². The summed E-state index contributed by atoms with van der Waals surface area (Å²) in [5.74, 6) is -0.126. The van der Waals surface area contributed by atoms with Crippen LogP contribution in [0.3, 0.4) is 0 Å². The summed E-state index contributed by atoms with van der Waals surface area (Å²) in [4.78, 5) is 18.7. The number of rotatable bonds is 5. The Hall–Kier alpha value is -2.55. The molecule has 2 aromatic heterocycles. The lowest BCUT2D eigenvalue weighted by molar-refractivity contribution is -0.130. The molecule has 4 nitrogen and oxygen atoms in total. The zero-order chi connectivity index (χ0) is 20.5. The van der Waals surface area contributed by atoms with Crippen molar-refractivity contribution < 1.29 is 9.18 Å². The van der Waals surface area contributed by atoms with E-state index in [-0.39, 0.29) is 23.5 Å². The monoisotopic (exact) mass is 453 g/mol. The molecule has 1 aliphatic heterocycles. The van der Waals surface area contributed by atoms with E-state index in [1.165, 1.54) is 23.9 Å². The zero-order valence-corrected chi connectivity index (χ0v) is 18.1. The number of fused-ring (bicyclic) bond motifs is 1. The van der Waals surface area contributed by atoms with Crippen LogP contribution >= 0.6 is 34.4 Å². The van der Waals surface area contributed by atoms with E-state index in [9.17, 15) is 9.18 Å². The Labute approximate surface area is 185 Å². The number of halogens is 1. The Bertz CT molecular complexity index is 1190. The Balaban J connectivity index is 1.37. The van der Waals surface area contributed by atoms with Gasteiger partial charge in [0, 0.05) is 6.42 Å². The Morgan fingerprint density at radius 2 is 1.97 bits per heavy atom. The maximum absolute atomic E-state index is 13.4. The molecular formula is C22H16FN3OS3. The van der Waals surface area contributed by atoms with Crippen LogP contribution in [0, 0.1) is 5.82 Å². The van der Waals surface area contributed by atoms with E-state index in [1.807, 2.05) is 41.8 Å². The molecule has 0 bridgehead atoms. The van der Waals surface area contributed by atoms with E-state index < -0.39 is 0 Å². The van der Waals surface area contributed by atoms with Crippen molar-refractivity contribution in [3.05, 3.63) is 82.3 Å². The predicted octanol–water partition coefficient (Wildman–Crippen LogP) is 5.97. The van der Waals surface area contributed by atoms with Crippen LogP contribution < -0.4 is 0 Å². The lowest BCUT2D eigenvalue weighted by Crippen LogP contribution is -2.28. The van der Waals surface area contributed by atoms with E-state index in [1.54, 1.807) is 39.8 Å². The second-order valence-corrected chi connectivity index (χ2v) is 9.97. The quantitative estimate of drug-likeness (QED) is 0.350. The second-order valence-electron chi connectivity index (χ2n) is 6.77. The average Bonchev–Trinajstić information content (AvgIpc) is 3.51. The summed E-state index contributed by atoms with van der Waals surface area (Å²) in [6, 6.07) is 18.0. The van der Waals surface area contributed by atoms with Crippen molar-refractivity contribution in [1.29, 1.82) is 0 Å². The fourth-order valence-electron chi connectivity index (χ4n) is 3.38. The van der Waals surface area contributed by atoms with Crippen molar-refractivity contribution in [2.24, 2.45) is 5.10 Å². The third kappa shape index (κ3) is 3.90. The van der Waals surface area contributed by atoms with Gasteiger partial charge in [0.05, 0.1) is 32.6 Å². The van der Waals surface area contributed by atoms with Crippen LogP contribution in [0.4, 0.5) is 4.39 Å². The summed E-state index contributed by atoms with van der Waals surface area (Å²) < 4.78 is 15.4. The topological polar surface area (TPSA) is 45.6 Å². The highest BCUT2D eigenvalue weighted by molar-refractivity contribution is 8.01. The number of carbonyl (C=O) groups excluding carboxylic acids is 1. The minimum Gasteiger partial charge on any atom is -0.272 e. The molecule has 150 valence electrons. The molecule has 1 aliphatic rings. The molecule has 5 rings (SSSR count). The van der Waals surface area contributed by atoms with Crippen LogP contribution in [0.5, 0.6) is 0 Å². The molecule has 8 heteroatoms. The molecule has 0 aliphatic carbocycles. The van der Waals surface area contributed by atoms with Gasteiger partial charge in [0.2, 0.25) is 0 Å². The molecule has 0 radical (unpaired) electrons. The molecule has 1 amide bonds. The average molecular weight is 454 g/mol. The summed E-state index contributed by atoms with van der Waals surface area (Å²) in [6.07, 6.45) is 0.615. The first-order valence-corrected chi connectivity index (χ1v) is 12.0. The molecule has 0 saturated heterocycles. The number of hydrogen-bond donors (Lipinski definition) is 0. The van der Waals surface area contributed by atoms with Crippen LogP contribution in [0.25, 0.3) is 10.2 Å². The molecule has 0 unspecified atom stereocenters. The summed E-state index contributed by atoms with van der Waals surface area (Å²) in [5.41, 5.74) is 2.71. The normalized spacial score (nSPS) is 16.2. The number of thiazole rings is 1. The van der Waals surface area contributed by atoms with Gasteiger partial charge in [-0.15, -0.1) is 22.7 Å². The van der Waals surface area contributed by atoms with Crippen LogP contribution in [0.2, 0.25) is 0 Å². The largest absolute Gasteiger partial charge is 0.272 e. The van der Waals surface area contributed by atoms with Gasteiger partial charge < -0.3 is 0 Å². The smallest absolute Gasteiger partial charge is 0.253 e. The summed E-state index contributed by atoms with van der Waals surface area (Å²) >= 11 is 4.62. The number of aromatic nitrogens is 1. The molecule has 2 aromatic carbocycles.